The molecule has 3 heteroatoms. The summed E-state index contributed by atoms with van der Waals surface area (Å²) in [7, 11) is 0. The van der Waals surface area contributed by atoms with Gasteiger partial charge in [-0.3, -0.25) is 0 Å². The third kappa shape index (κ3) is 5.66. The molecule has 2 aliphatic rings. The minimum absolute atomic E-state index is 0.195. The molecular weight excluding hydrogens is 763 g/mol. The van der Waals surface area contributed by atoms with Crippen LogP contribution in [-0.2, 0) is 10.8 Å². The van der Waals surface area contributed by atoms with Gasteiger partial charge in [-0.25, -0.2) is 0 Å². The molecular formula is C60H47N3. The SMILES string of the molecule is CC1(C)c2ccccc2N(c2ccccc2)c2ccc(-c3ccc4c(c3)c3cc(-c5ccc6c(c5)C(C)(C)c5ccccc5N6c5ccccc5)ccc3n4-c3ccccc3)cc21. The Morgan fingerprint density at radius 3 is 1.05 bits per heavy atom. The van der Waals surface area contributed by atoms with E-state index in [4.69, 9.17) is 0 Å². The highest BCUT2D eigenvalue weighted by Gasteiger charge is 2.38. The van der Waals surface area contributed by atoms with Crippen LogP contribution < -0.4 is 9.80 Å². The first-order valence-electron chi connectivity index (χ1n) is 22.1. The molecule has 9 aromatic carbocycles. The van der Waals surface area contributed by atoms with Crippen LogP contribution in [0.25, 0.3) is 49.7 Å². The summed E-state index contributed by atoms with van der Waals surface area (Å²) < 4.78 is 2.42. The predicted molar refractivity (Wildman–Crippen MR) is 265 cm³/mol. The lowest BCUT2D eigenvalue weighted by Crippen LogP contribution is -2.30. The van der Waals surface area contributed by atoms with Gasteiger partial charge in [0.15, 0.2) is 0 Å². The zero-order chi connectivity index (χ0) is 42.5. The molecule has 2 aliphatic heterocycles. The number of nitrogens with zero attached hydrogens (tertiary/aromatic N) is 3. The van der Waals surface area contributed by atoms with Gasteiger partial charge < -0.3 is 14.4 Å². The summed E-state index contributed by atoms with van der Waals surface area (Å²) in [6, 6.07) is 78.4. The molecule has 0 saturated heterocycles. The van der Waals surface area contributed by atoms with Crippen molar-refractivity contribution in [3.8, 4) is 27.9 Å². The highest BCUT2D eigenvalue weighted by Crippen LogP contribution is 2.54. The predicted octanol–water partition coefficient (Wildman–Crippen LogP) is 16.3. The van der Waals surface area contributed by atoms with Crippen LogP contribution in [0.5, 0.6) is 0 Å². The molecule has 0 saturated carbocycles. The summed E-state index contributed by atoms with van der Waals surface area (Å²) in [5.41, 5.74) is 20.6. The van der Waals surface area contributed by atoms with Crippen LogP contribution >= 0.6 is 0 Å². The normalized spacial score (nSPS) is 14.5. The van der Waals surface area contributed by atoms with Crippen molar-refractivity contribution in [3.05, 3.63) is 235 Å². The molecule has 10 aromatic rings. The van der Waals surface area contributed by atoms with Crippen LogP contribution in [-0.4, -0.2) is 4.57 Å². The summed E-state index contributed by atoms with van der Waals surface area (Å²) >= 11 is 0. The summed E-state index contributed by atoms with van der Waals surface area (Å²) in [4.78, 5) is 4.86. The number of hydrogen-bond acceptors (Lipinski definition) is 2. The summed E-state index contributed by atoms with van der Waals surface area (Å²) in [6.45, 7) is 9.48. The Morgan fingerprint density at radius 1 is 0.286 bits per heavy atom. The van der Waals surface area contributed by atoms with E-state index < -0.39 is 0 Å². The standard InChI is InChI=1S/C60H47N3/c1-59(2)49-24-14-16-26-55(49)62(45-20-10-6-11-21-45)57-34-30-42(38-51(57)59)40-28-32-53-47(36-40)48-37-41(29-33-54(48)61(53)44-18-8-5-9-19-44)43-31-35-58-52(39-43)60(3,4)50-25-15-17-27-56(50)63(58)46-22-12-7-13-23-46/h5-39H,1-4H3. The summed E-state index contributed by atoms with van der Waals surface area (Å²) in [5, 5.41) is 2.48. The fourth-order valence-corrected chi connectivity index (χ4v) is 10.7. The van der Waals surface area contributed by atoms with Crippen molar-refractivity contribution in [2.45, 2.75) is 38.5 Å². The fourth-order valence-electron chi connectivity index (χ4n) is 10.7. The van der Waals surface area contributed by atoms with Gasteiger partial charge in [0.25, 0.3) is 0 Å². The van der Waals surface area contributed by atoms with E-state index in [1.165, 1.54) is 100 Å². The topological polar surface area (TPSA) is 11.4 Å². The molecule has 0 radical (unpaired) electrons. The highest BCUT2D eigenvalue weighted by atomic mass is 15.2. The van der Waals surface area contributed by atoms with E-state index in [2.05, 4.69) is 254 Å². The van der Waals surface area contributed by atoms with E-state index in [-0.39, 0.29) is 10.8 Å². The molecule has 3 heterocycles. The van der Waals surface area contributed by atoms with Gasteiger partial charge in [0, 0.05) is 38.7 Å². The van der Waals surface area contributed by atoms with Crippen molar-refractivity contribution in [1.29, 1.82) is 0 Å². The Hall–Kier alpha value is -7.62. The number of anilines is 6. The lowest BCUT2D eigenvalue weighted by Gasteiger charge is -2.42. The summed E-state index contributed by atoms with van der Waals surface area (Å²) in [6.07, 6.45) is 0. The molecule has 3 nitrogen and oxygen atoms in total. The number of rotatable bonds is 5. The molecule has 1 aromatic heterocycles. The van der Waals surface area contributed by atoms with E-state index in [0.717, 1.165) is 5.69 Å². The van der Waals surface area contributed by atoms with Crippen molar-refractivity contribution >= 4 is 55.9 Å². The first-order valence-corrected chi connectivity index (χ1v) is 22.1. The number of hydrogen-bond donors (Lipinski definition) is 0. The monoisotopic (exact) mass is 809 g/mol. The maximum Gasteiger partial charge on any atom is 0.0541 e. The zero-order valence-electron chi connectivity index (χ0n) is 36.0. The van der Waals surface area contributed by atoms with E-state index in [0.29, 0.717) is 0 Å². The Bertz CT molecular complexity index is 3190. The molecule has 63 heavy (non-hydrogen) atoms. The van der Waals surface area contributed by atoms with Gasteiger partial charge in [0.2, 0.25) is 0 Å². The van der Waals surface area contributed by atoms with E-state index in [9.17, 15) is 0 Å². The van der Waals surface area contributed by atoms with Gasteiger partial charge in [-0.2, -0.15) is 0 Å². The van der Waals surface area contributed by atoms with Gasteiger partial charge >= 0.3 is 0 Å². The van der Waals surface area contributed by atoms with E-state index in [1.807, 2.05) is 0 Å². The average Bonchev–Trinajstić information content (AvgIpc) is 3.66. The van der Waals surface area contributed by atoms with Crippen LogP contribution in [0.3, 0.4) is 0 Å². The van der Waals surface area contributed by atoms with Crippen LogP contribution in [0.2, 0.25) is 0 Å². The van der Waals surface area contributed by atoms with Crippen LogP contribution in [0.4, 0.5) is 34.1 Å². The molecule has 0 N–H and O–H groups in total. The highest BCUT2D eigenvalue weighted by molar-refractivity contribution is 6.12. The first-order chi connectivity index (χ1) is 30.8. The lowest BCUT2D eigenvalue weighted by atomic mass is 9.73. The molecule has 302 valence electrons. The van der Waals surface area contributed by atoms with Crippen LogP contribution in [0.1, 0.15) is 49.9 Å². The Labute approximate surface area is 369 Å². The Balaban J connectivity index is 1.02. The van der Waals surface area contributed by atoms with Crippen molar-refractivity contribution in [3.63, 3.8) is 0 Å². The average molecular weight is 810 g/mol. The molecule has 0 unspecified atom stereocenters. The lowest BCUT2D eigenvalue weighted by molar-refractivity contribution is 0.632. The number of fused-ring (bicyclic) bond motifs is 7. The minimum atomic E-state index is -0.195. The Morgan fingerprint density at radius 2 is 0.619 bits per heavy atom. The zero-order valence-corrected chi connectivity index (χ0v) is 36.0. The van der Waals surface area contributed by atoms with Gasteiger partial charge in [0.1, 0.15) is 0 Å². The molecule has 0 atom stereocenters. The van der Waals surface area contributed by atoms with Gasteiger partial charge in [0.05, 0.1) is 33.8 Å². The van der Waals surface area contributed by atoms with Crippen molar-refractivity contribution in [2.75, 3.05) is 9.80 Å². The van der Waals surface area contributed by atoms with Gasteiger partial charge in [-0.1, -0.05) is 143 Å². The van der Waals surface area contributed by atoms with Gasteiger partial charge in [-0.15, -0.1) is 0 Å². The van der Waals surface area contributed by atoms with E-state index >= 15 is 0 Å². The summed E-state index contributed by atoms with van der Waals surface area (Å²) in [5.74, 6) is 0. The third-order valence-electron chi connectivity index (χ3n) is 13.9. The molecule has 0 aliphatic carbocycles. The number of para-hydroxylation sites is 5. The second-order valence-electron chi connectivity index (χ2n) is 18.2. The fraction of sp³-hybridized carbons (Fsp3) is 0.100. The third-order valence-corrected chi connectivity index (χ3v) is 13.9. The van der Waals surface area contributed by atoms with Crippen molar-refractivity contribution in [2.24, 2.45) is 0 Å². The molecule has 0 amide bonds. The molecule has 0 fully saturated rings. The van der Waals surface area contributed by atoms with E-state index in [1.54, 1.807) is 0 Å². The molecule has 12 rings (SSSR count). The first kappa shape index (κ1) is 37.2. The number of benzene rings is 9. The smallest absolute Gasteiger partial charge is 0.0541 e. The van der Waals surface area contributed by atoms with Crippen molar-refractivity contribution in [1.82, 2.24) is 4.57 Å². The van der Waals surface area contributed by atoms with Crippen LogP contribution in [0.15, 0.2) is 212 Å². The second kappa shape index (κ2) is 14.0. The number of aromatic nitrogens is 1. The minimum Gasteiger partial charge on any atom is -0.310 e. The maximum atomic E-state index is 2.44. The quantitative estimate of drug-likeness (QED) is 0.172. The largest absolute Gasteiger partial charge is 0.310 e. The van der Waals surface area contributed by atoms with Crippen molar-refractivity contribution < 1.29 is 0 Å². The van der Waals surface area contributed by atoms with Crippen LogP contribution in [0, 0.1) is 0 Å². The van der Waals surface area contributed by atoms with Gasteiger partial charge in [-0.05, 0) is 142 Å². The maximum absolute atomic E-state index is 2.44. The molecule has 0 spiro atoms. The Kier molecular flexibility index (Phi) is 8.23. The molecule has 0 bridgehead atoms. The second-order valence-corrected chi connectivity index (χ2v) is 18.2.